The summed E-state index contributed by atoms with van der Waals surface area (Å²) in [4.78, 5) is 6.58. The first-order valence-corrected chi connectivity index (χ1v) is 11.6. The number of aryl methyl sites for hydroxylation is 1. The van der Waals surface area contributed by atoms with Crippen LogP contribution in [-0.4, -0.2) is 28.9 Å². The van der Waals surface area contributed by atoms with E-state index in [1.807, 2.05) is 37.0 Å². The summed E-state index contributed by atoms with van der Waals surface area (Å²) in [5.74, 6) is 1.48. The maximum Gasteiger partial charge on any atom is 0.226 e. The number of nitrogens with one attached hydrogen (secondary N) is 1. The second kappa shape index (κ2) is 7.92. The molecule has 0 spiro atoms. The van der Waals surface area contributed by atoms with Crippen LogP contribution in [0, 0.1) is 6.92 Å². The lowest BCUT2D eigenvalue weighted by molar-refractivity contribution is 0.223. The summed E-state index contributed by atoms with van der Waals surface area (Å²) in [5, 5.41) is 8.77. The molecule has 170 valence electrons. The van der Waals surface area contributed by atoms with Crippen LogP contribution in [0.25, 0.3) is 5.70 Å². The lowest BCUT2D eigenvalue weighted by atomic mass is 9.84. The number of rotatable bonds is 3. The van der Waals surface area contributed by atoms with Crippen LogP contribution in [-0.2, 0) is 0 Å². The van der Waals surface area contributed by atoms with Gasteiger partial charge in [-0.1, -0.05) is 53.6 Å². The van der Waals surface area contributed by atoms with E-state index in [1.165, 1.54) is 5.56 Å². The first-order valence-electron chi connectivity index (χ1n) is 11.2. The van der Waals surface area contributed by atoms with Gasteiger partial charge in [-0.3, -0.25) is 0 Å². The van der Waals surface area contributed by atoms with Gasteiger partial charge in [-0.05, 0) is 48.4 Å². The number of fused-ring (bicyclic) bond motifs is 3. The summed E-state index contributed by atoms with van der Waals surface area (Å²) >= 11 is 6.41. The van der Waals surface area contributed by atoms with E-state index in [4.69, 9.17) is 16.3 Å². The van der Waals surface area contributed by atoms with Crippen molar-refractivity contribution in [3.63, 3.8) is 0 Å². The Bertz CT molecular complexity index is 1410. The molecule has 4 aromatic rings. The predicted molar refractivity (Wildman–Crippen MR) is 135 cm³/mol. The van der Waals surface area contributed by atoms with E-state index in [1.54, 1.807) is 6.33 Å². The van der Waals surface area contributed by atoms with Crippen molar-refractivity contribution in [2.45, 2.75) is 19.1 Å². The number of benzene rings is 3. The maximum absolute atomic E-state index is 6.68. The number of hydrogen-bond donors (Lipinski definition) is 1. The van der Waals surface area contributed by atoms with Gasteiger partial charge in [0.05, 0.1) is 5.70 Å². The van der Waals surface area contributed by atoms with Gasteiger partial charge in [0, 0.05) is 35.9 Å². The molecule has 0 bridgehead atoms. The van der Waals surface area contributed by atoms with Gasteiger partial charge >= 0.3 is 0 Å². The van der Waals surface area contributed by atoms with Crippen molar-refractivity contribution in [2.24, 2.45) is 0 Å². The van der Waals surface area contributed by atoms with Gasteiger partial charge < -0.3 is 15.0 Å². The zero-order valence-electron chi connectivity index (χ0n) is 19.2. The van der Waals surface area contributed by atoms with Crippen molar-refractivity contribution in [1.29, 1.82) is 0 Å². The molecular weight excluding hydrogens is 446 g/mol. The highest BCUT2D eigenvalue weighted by atomic mass is 35.5. The zero-order valence-corrected chi connectivity index (χ0v) is 19.9. The molecule has 0 aliphatic carbocycles. The molecule has 3 aromatic carbocycles. The third-order valence-corrected chi connectivity index (χ3v) is 6.72. The molecule has 6 nitrogen and oxygen atoms in total. The first kappa shape index (κ1) is 20.8. The van der Waals surface area contributed by atoms with Crippen LogP contribution in [0.4, 0.5) is 11.6 Å². The minimum atomic E-state index is -0.309. The standard InChI is InChI=1S/C27H24ClN5O/c1-16-4-6-17(7-5-16)25-23-24(31-27-29-15-30-33(25)27)21-14-19(28)10-13-22(21)34-26(23)18-8-11-20(12-9-18)32(2)3/h4-15,25-26H,1-3H3,(H,29,30,31)/t25-,26+/m0/s1. The molecule has 34 heavy (non-hydrogen) atoms. The largest absolute Gasteiger partial charge is 0.480 e. The molecule has 0 radical (unpaired) electrons. The van der Waals surface area contributed by atoms with E-state index in [0.717, 1.165) is 39.4 Å². The average molecular weight is 470 g/mol. The van der Waals surface area contributed by atoms with E-state index < -0.39 is 0 Å². The molecule has 2 aliphatic rings. The topological polar surface area (TPSA) is 55.2 Å². The van der Waals surface area contributed by atoms with Crippen LogP contribution in [0.5, 0.6) is 5.75 Å². The van der Waals surface area contributed by atoms with Crippen molar-refractivity contribution < 1.29 is 4.74 Å². The Morgan fingerprint density at radius 1 is 0.971 bits per heavy atom. The number of hydrogen-bond acceptors (Lipinski definition) is 5. The molecule has 0 saturated heterocycles. The molecule has 0 fully saturated rings. The average Bonchev–Trinajstić information content (AvgIpc) is 3.31. The van der Waals surface area contributed by atoms with E-state index in [0.29, 0.717) is 11.0 Å². The summed E-state index contributed by atoms with van der Waals surface area (Å²) in [5.41, 5.74) is 7.51. The second-order valence-electron chi connectivity index (χ2n) is 8.92. The summed E-state index contributed by atoms with van der Waals surface area (Å²) in [7, 11) is 4.08. The summed E-state index contributed by atoms with van der Waals surface area (Å²) < 4.78 is 8.61. The van der Waals surface area contributed by atoms with Gasteiger partial charge in [0.1, 0.15) is 24.2 Å². The monoisotopic (exact) mass is 469 g/mol. The third-order valence-electron chi connectivity index (χ3n) is 6.48. The van der Waals surface area contributed by atoms with Crippen LogP contribution in [0.1, 0.15) is 34.4 Å². The molecule has 0 amide bonds. The Kier molecular flexibility index (Phi) is 4.85. The zero-order chi connectivity index (χ0) is 23.4. The molecule has 7 heteroatoms. The smallest absolute Gasteiger partial charge is 0.226 e. The number of nitrogens with zero attached hydrogens (tertiary/aromatic N) is 4. The fourth-order valence-electron chi connectivity index (χ4n) is 4.73. The maximum atomic E-state index is 6.68. The molecule has 2 atom stereocenters. The van der Waals surface area contributed by atoms with E-state index >= 15 is 0 Å². The number of aromatic nitrogens is 3. The predicted octanol–water partition coefficient (Wildman–Crippen LogP) is 5.87. The van der Waals surface area contributed by atoms with Gasteiger partial charge in [0.25, 0.3) is 0 Å². The number of ether oxygens (including phenoxy) is 1. The summed E-state index contributed by atoms with van der Waals surface area (Å²) in [6.07, 6.45) is 1.28. The SMILES string of the molecule is Cc1ccc([C@H]2C3=C(Nc4ncnn42)c2cc(Cl)ccc2O[C@@H]3c2ccc(N(C)C)cc2)cc1. The van der Waals surface area contributed by atoms with Gasteiger partial charge in [-0.15, -0.1) is 0 Å². The lowest BCUT2D eigenvalue weighted by Crippen LogP contribution is -2.32. The molecule has 3 heterocycles. The van der Waals surface area contributed by atoms with Crippen LogP contribution in [0.2, 0.25) is 5.02 Å². The van der Waals surface area contributed by atoms with Gasteiger partial charge in [-0.2, -0.15) is 10.1 Å². The number of anilines is 2. The highest BCUT2D eigenvalue weighted by molar-refractivity contribution is 6.30. The lowest BCUT2D eigenvalue weighted by Gasteiger charge is -2.39. The van der Waals surface area contributed by atoms with Crippen molar-refractivity contribution in [1.82, 2.24) is 14.8 Å². The second-order valence-corrected chi connectivity index (χ2v) is 9.36. The van der Waals surface area contributed by atoms with Gasteiger partial charge in [0.2, 0.25) is 5.95 Å². The highest BCUT2D eigenvalue weighted by Crippen LogP contribution is 2.51. The van der Waals surface area contributed by atoms with E-state index in [2.05, 4.69) is 75.8 Å². The highest BCUT2D eigenvalue weighted by Gasteiger charge is 2.41. The van der Waals surface area contributed by atoms with Crippen molar-refractivity contribution >= 4 is 28.9 Å². The minimum Gasteiger partial charge on any atom is -0.480 e. The van der Waals surface area contributed by atoms with Crippen LogP contribution < -0.4 is 15.0 Å². The quantitative estimate of drug-likeness (QED) is 0.407. The molecule has 1 N–H and O–H groups in total. The molecule has 0 saturated carbocycles. The van der Waals surface area contributed by atoms with Crippen LogP contribution >= 0.6 is 11.6 Å². The van der Waals surface area contributed by atoms with Crippen molar-refractivity contribution in [3.05, 3.63) is 106 Å². The summed E-state index contributed by atoms with van der Waals surface area (Å²) in [6, 6.07) is 22.6. The fourth-order valence-corrected chi connectivity index (χ4v) is 4.91. The Labute approximate surface area is 203 Å². The molecule has 6 rings (SSSR count). The van der Waals surface area contributed by atoms with Crippen LogP contribution in [0.3, 0.4) is 0 Å². The number of halogens is 1. The van der Waals surface area contributed by atoms with Crippen LogP contribution in [0.15, 0.2) is 78.6 Å². The molecule has 0 unspecified atom stereocenters. The van der Waals surface area contributed by atoms with E-state index in [9.17, 15) is 0 Å². The van der Waals surface area contributed by atoms with Gasteiger partial charge in [0.15, 0.2) is 0 Å². The Morgan fingerprint density at radius 3 is 2.44 bits per heavy atom. The van der Waals surface area contributed by atoms with E-state index in [-0.39, 0.29) is 12.1 Å². The molecular formula is C27H24ClN5O. The van der Waals surface area contributed by atoms with Crippen molar-refractivity contribution in [2.75, 3.05) is 24.3 Å². The van der Waals surface area contributed by atoms with Crippen molar-refractivity contribution in [3.8, 4) is 5.75 Å². The Balaban J connectivity index is 1.59. The Hall–Kier alpha value is -3.77. The fraction of sp³-hybridized carbons (Fsp3) is 0.185. The first-order chi connectivity index (χ1) is 16.5. The molecule has 1 aromatic heterocycles. The normalized spacial score (nSPS) is 18.4. The summed E-state index contributed by atoms with van der Waals surface area (Å²) in [6.45, 7) is 2.09. The third kappa shape index (κ3) is 3.33. The Morgan fingerprint density at radius 2 is 1.71 bits per heavy atom. The minimum absolute atomic E-state index is 0.181. The molecule has 2 aliphatic heterocycles. The van der Waals surface area contributed by atoms with Gasteiger partial charge in [-0.25, -0.2) is 4.68 Å².